The molecule has 0 aliphatic carbocycles. The van der Waals surface area contributed by atoms with Crippen molar-refractivity contribution in [1.82, 2.24) is 0 Å². The Hall–Kier alpha value is -2.93. The zero-order valence-electron chi connectivity index (χ0n) is 14.9. The molecule has 1 aliphatic heterocycles. The maximum Gasteiger partial charge on any atom is 0.248 e. The summed E-state index contributed by atoms with van der Waals surface area (Å²) in [6.45, 7) is 0.732. The first-order chi connectivity index (χ1) is 12.8. The van der Waals surface area contributed by atoms with E-state index < -0.39 is 15.7 Å². The highest BCUT2D eigenvalue weighted by atomic mass is 32.2. The van der Waals surface area contributed by atoms with E-state index in [0.717, 1.165) is 30.5 Å². The van der Waals surface area contributed by atoms with E-state index in [0.29, 0.717) is 6.42 Å². The summed E-state index contributed by atoms with van der Waals surface area (Å²) in [5.74, 6) is -0.299. The van der Waals surface area contributed by atoms with Crippen LogP contribution in [0.3, 0.4) is 0 Å². The van der Waals surface area contributed by atoms with Crippen LogP contribution in [0, 0.1) is 0 Å². The lowest BCUT2D eigenvalue weighted by Gasteiger charge is -2.15. The van der Waals surface area contributed by atoms with E-state index in [1.54, 1.807) is 29.2 Å². The quantitative estimate of drug-likeness (QED) is 0.804. The molecule has 0 bridgehead atoms. The van der Waals surface area contributed by atoms with E-state index in [1.807, 2.05) is 24.3 Å². The first-order valence-corrected chi connectivity index (χ1v) is 10.4. The third kappa shape index (κ3) is 4.62. The van der Waals surface area contributed by atoms with Crippen LogP contribution in [0.5, 0.6) is 0 Å². The number of benzene rings is 2. The second kappa shape index (κ2) is 7.75. The zero-order valence-corrected chi connectivity index (χ0v) is 15.7. The smallest absolute Gasteiger partial charge is 0.248 e. The molecule has 27 heavy (non-hydrogen) atoms. The molecule has 1 heterocycles. The summed E-state index contributed by atoms with van der Waals surface area (Å²) in [7, 11) is -3.43. The molecule has 1 saturated heterocycles. The molecule has 2 aromatic rings. The number of nitrogens with zero attached hydrogens (tertiary/aromatic N) is 1. The van der Waals surface area contributed by atoms with Crippen LogP contribution < -0.4 is 10.2 Å². The van der Waals surface area contributed by atoms with Gasteiger partial charge in [0.05, 0.1) is 10.6 Å². The Morgan fingerprint density at radius 3 is 2.44 bits per heavy atom. The molecule has 0 radical (unpaired) electrons. The number of carbonyl (C=O) groups is 2. The van der Waals surface area contributed by atoms with Crippen molar-refractivity contribution in [3.05, 3.63) is 60.2 Å². The lowest BCUT2D eigenvalue weighted by Crippen LogP contribution is -2.23. The minimum atomic E-state index is -3.43. The Bertz CT molecular complexity index is 995. The van der Waals surface area contributed by atoms with E-state index in [4.69, 9.17) is 0 Å². The Kier molecular flexibility index (Phi) is 5.41. The number of anilines is 2. The molecule has 1 N–H and O–H groups in total. The molecule has 0 aromatic heterocycles. The molecule has 1 aliphatic rings. The highest BCUT2D eigenvalue weighted by Crippen LogP contribution is 2.22. The highest BCUT2D eigenvalue weighted by Gasteiger charge is 2.21. The number of hydrogen-bond donors (Lipinski definition) is 1. The molecule has 7 heteroatoms. The molecule has 3 rings (SSSR count). The molecule has 0 spiro atoms. The number of hydrogen-bond acceptors (Lipinski definition) is 4. The van der Waals surface area contributed by atoms with Crippen LogP contribution in [0.1, 0.15) is 18.4 Å². The van der Waals surface area contributed by atoms with Gasteiger partial charge >= 0.3 is 0 Å². The fourth-order valence-corrected chi connectivity index (χ4v) is 3.77. The van der Waals surface area contributed by atoms with E-state index in [9.17, 15) is 18.0 Å². The van der Waals surface area contributed by atoms with Crippen molar-refractivity contribution in [2.45, 2.75) is 17.7 Å². The lowest BCUT2D eigenvalue weighted by molar-refractivity contribution is -0.117. The van der Waals surface area contributed by atoms with Crippen molar-refractivity contribution in [1.29, 1.82) is 0 Å². The maximum absolute atomic E-state index is 12.1. The summed E-state index contributed by atoms with van der Waals surface area (Å²) in [4.78, 5) is 25.7. The van der Waals surface area contributed by atoms with Crippen molar-refractivity contribution in [3.8, 4) is 0 Å². The third-order valence-electron chi connectivity index (χ3n) is 4.25. The van der Waals surface area contributed by atoms with Crippen LogP contribution in [0.4, 0.5) is 11.4 Å². The highest BCUT2D eigenvalue weighted by molar-refractivity contribution is 7.90. The van der Waals surface area contributed by atoms with Crippen LogP contribution in [-0.4, -0.2) is 33.0 Å². The Labute approximate surface area is 158 Å². The van der Waals surface area contributed by atoms with Gasteiger partial charge in [0.15, 0.2) is 9.84 Å². The topological polar surface area (TPSA) is 83.6 Å². The molecular formula is C20H20N2O4S. The second-order valence-electron chi connectivity index (χ2n) is 6.33. The summed E-state index contributed by atoms with van der Waals surface area (Å²) >= 11 is 0. The Balaban J connectivity index is 1.68. The number of amides is 2. The number of rotatable bonds is 5. The molecule has 1 fully saturated rings. The van der Waals surface area contributed by atoms with E-state index in [1.165, 1.54) is 12.1 Å². The fraction of sp³-hybridized carbons (Fsp3) is 0.200. The van der Waals surface area contributed by atoms with Crippen molar-refractivity contribution >= 4 is 39.1 Å². The fourth-order valence-electron chi connectivity index (χ4n) is 2.93. The van der Waals surface area contributed by atoms with E-state index in [-0.39, 0.29) is 16.5 Å². The van der Waals surface area contributed by atoms with Gasteiger partial charge in [-0.25, -0.2) is 8.42 Å². The summed E-state index contributed by atoms with van der Waals surface area (Å²) in [6, 6.07) is 13.6. The van der Waals surface area contributed by atoms with Gasteiger partial charge in [0, 0.05) is 31.0 Å². The van der Waals surface area contributed by atoms with Gasteiger partial charge in [-0.15, -0.1) is 0 Å². The molecular weight excluding hydrogens is 364 g/mol. The molecule has 2 aromatic carbocycles. The number of carbonyl (C=O) groups excluding carboxylic acids is 2. The van der Waals surface area contributed by atoms with E-state index in [2.05, 4.69) is 5.32 Å². The van der Waals surface area contributed by atoms with Gasteiger partial charge in [-0.1, -0.05) is 24.3 Å². The normalized spacial score (nSPS) is 14.7. The summed E-state index contributed by atoms with van der Waals surface area (Å²) in [5, 5.41) is 2.59. The molecule has 0 atom stereocenters. The van der Waals surface area contributed by atoms with Gasteiger partial charge in [-0.2, -0.15) is 0 Å². The van der Waals surface area contributed by atoms with Crippen molar-refractivity contribution < 1.29 is 18.0 Å². The summed E-state index contributed by atoms with van der Waals surface area (Å²) in [6.07, 6.45) is 5.52. The van der Waals surface area contributed by atoms with Crippen LogP contribution in [0.25, 0.3) is 6.08 Å². The summed E-state index contributed by atoms with van der Waals surface area (Å²) < 4.78 is 23.6. The van der Waals surface area contributed by atoms with Crippen molar-refractivity contribution in [3.63, 3.8) is 0 Å². The molecule has 2 amide bonds. The van der Waals surface area contributed by atoms with Gasteiger partial charge in [0.25, 0.3) is 0 Å². The number of para-hydroxylation sites is 1. The van der Waals surface area contributed by atoms with Crippen LogP contribution in [-0.2, 0) is 19.4 Å². The molecule has 6 nitrogen and oxygen atoms in total. The first-order valence-electron chi connectivity index (χ1n) is 8.53. The minimum absolute atomic E-state index is 0.0754. The largest absolute Gasteiger partial charge is 0.321 e. The molecule has 0 unspecified atom stereocenters. The van der Waals surface area contributed by atoms with Crippen LogP contribution in [0.2, 0.25) is 0 Å². The third-order valence-corrected chi connectivity index (χ3v) is 5.40. The Morgan fingerprint density at radius 1 is 1.11 bits per heavy atom. The first kappa shape index (κ1) is 18.8. The number of sulfone groups is 1. The lowest BCUT2D eigenvalue weighted by atomic mass is 10.2. The minimum Gasteiger partial charge on any atom is -0.321 e. The molecule has 140 valence electrons. The summed E-state index contributed by atoms with van der Waals surface area (Å²) in [5.41, 5.74) is 1.90. The zero-order chi connectivity index (χ0) is 19.4. The van der Waals surface area contributed by atoms with E-state index >= 15 is 0 Å². The van der Waals surface area contributed by atoms with Crippen LogP contribution >= 0.6 is 0 Å². The number of nitrogens with one attached hydrogen (secondary N) is 1. The van der Waals surface area contributed by atoms with Gasteiger partial charge in [-0.3, -0.25) is 9.59 Å². The predicted molar refractivity (Wildman–Crippen MR) is 105 cm³/mol. The molecule has 0 saturated carbocycles. The SMILES string of the molecule is CS(=O)(=O)c1ccccc1NC(=O)/C=C/c1ccc(N2CCCC2=O)cc1. The van der Waals surface area contributed by atoms with Gasteiger partial charge < -0.3 is 10.2 Å². The van der Waals surface area contributed by atoms with Crippen molar-refractivity contribution in [2.24, 2.45) is 0 Å². The second-order valence-corrected chi connectivity index (χ2v) is 8.32. The van der Waals surface area contributed by atoms with Gasteiger partial charge in [0.2, 0.25) is 11.8 Å². The maximum atomic E-state index is 12.1. The Morgan fingerprint density at radius 2 is 1.81 bits per heavy atom. The monoisotopic (exact) mass is 384 g/mol. The predicted octanol–water partition coefficient (Wildman–Crippen LogP) is 2.87. The average molecular weight is 384 g/mol. The van der Waals surface area contributed by atoms with Gasteiger partial charge in [0.1, 0.15) is 0 Å². The van der Waals surface area contributed by atoms with Crippen molar-refractivity contribution in [2.75, 3.05) is 23.0 Å². The standard InChI is InChI=1S/C20H20N2O4S/c1-27(25,26)18-6-3-2-5-17(18)21-19(23)13-10-15-8-11-16(12-9-15)22-14-4-7-20(22)24/h2-3,5-6,8-13H,4,7,14H2,1H3,(H,21,23)/b13-10+. The average Bonchev–Trinajstić information content (AvgIpc) is 3.06. The van der Waals surface area contributed by atoms with Crippen LogP contribution in [0.15, 0.2) is 59.5 Å². The van der Waals surface area contributed by atoms with Gasteiger partial charge in [-0.05, 0) is 42.3 Å².